The van der Waals surface area contributed by atoms with Crippen molar-refractivity contribution in [3.63, 3.8) is 0 Å². The van der Waals surface area contributed by atoms with Crippen LogP contribution in [0.25, 0.3) is 5.69 Å². The Bertz CT molecular complexity index is 544. The number of methoxy groups -OCH3 is 1. The second kappa shape index (κ2) is 6.42. The van der Waals surface area contributed by atoms with E-state index in [1.54, 1.807) is 19.2 Å². The van der Waals surface area contributed by atoms with Crippen LogP contribution >= 0.6 is 0 Å². The summed E-state index contributed by atoms with van der Waals surface area (Å²) in [4.78, 5) is 0. The number of tetrazole rings is 1. The van der Waals surface area contributed by atoms with Gasteiger partial charge in [0.15, 0.2) is 0 Å². The highest BCUT2D eigenvalue weighted by Crippen LogP contribution is 2.20. The maximum absolute atomic E-state index is 13.9. The SMILES string of the molecule is COCC(Nc1cc(-n2cnnn2)ccc1F)C(C)C. The van der Waals surface area contributed by atoms with E-state index in [0.29, 0.717) is 23.9 Å². The Hall–Kier alpha value is -2.02. The predicted molar refractivity (Wildman–Crippen MR) is 73.2 cm³/mol. The molecule has 2 rings (SSSR count). The van der Waals surface area contributed by atoms with E-state index in [1.807, 2.05) is 0 Å². The molecule has 0 aliphatic rings. The minimum atomic E-state index is -0.316. The number of nitrogens with one attached hydrogen (secondary N) is 1. The van der Waals surface area contributed by atoms with Crippen LogP contribution < -0.4 is 5.32 Å². The van der Waals surface area contributed by atoms with E-state index in [4.69, 9.17) is 4.74 Å². The molecular weight excluding hydrogens is 261 g/mol. The molecule has 0 spiro atoms. The van der Waals surface area contributed by atoms with Crippen molar-refractivity contribution in [3.05, 3.63) is 30.3 Å². The van der Waals surface area contributed by atoms with Crippen LogP contribution in [0.15, 0.2) is 24.5 Å². The molecular formula is C13H18FN5O. The number of aromatic nitrogens is 4. The molecule has 1 aromatic carbocycles. The second-order valence-electron chi connectivity index (χ2n) is 4.87. The minimum absolute atomic E-state index is 0.0265. The van der Waals surface area contributed by atoms with Gasteiger partial charge in [0.25, 0.3) is 0 Å². The Morgan fingerprint density at radius 3 is 2.80 bits per heavy atom. The zero-order chi connectivity index (χ0) is 14.5. The van der Waals surface area contributed by atoms with E-state index in [2.05, 4.69) is 34.7 Å². The maximum Gasteiger partial charge on any atom is 0.146 e. The molecule has 108 valence electrons. The summed E-state index contributed by atoms with van der Waals surface area (Å²) in [6.45, 7) is 4.62. The fourth-order valence-corrected chi connectivity index (χ4v) is 1.83. The molecule has 1 atom stereocenters. The lowest BCUT2D eigenvalue weighted by molar-refractivity contribution is 0.171. The number of ether oxygens (including phenoxy) is 1. The van der Waals surface area contributed by atoms with Gasteiger partial charge in [-0.25, -0.2) is 9.07 Å². The van der Waals surface area contributed by atoms with Crippen LogP contribution in [0.2, 0.25) is 0 Å². The van der Waals surface area contributed by atoms with Crippen LogP contribution in [0.4, 0.5) is 10.1 Å². The first-order valence-electron chi connectivity index (χ1n) is 6.40. The highest BCUT2D eigenvalue weighted by atomic mass is 19.1. The average molecular weight is 279 g/mol. The van der Waals surface area contributed by atoms with Gasteiger partial charge in [0.05, 0.1) is 24.0 Å². The third-order valence-electron chi connectivity index (χ3n) is 3.06. The quantitative estimate of drug-likeness (QED) is 0.874. The fraction of sp³-hybridized carbons (Fsp3) is 0.462. The van der Waals surface area contributed by atoms with Crippen molar-refractivity contribution in [2.24, 2.45) is 5.92 Å². The highest BCUT2D eigenvalue weighted by molar-refractivity contribution is 5.52. The van der Waals surface area contributed by atoms with E-state index in [-0.39, 0.29) is 11.9 Å². The van der Waals surface area contributed by atoms with Crippen molar-refractivity contribution < 1.29 is 9.13 Å². The second-order valence-corrected chi connectivity index (χ2v) is 4.87. The van der Waals surface area contributed by atoms with Crippen LogP contribution in [0.1, 0.15) is 13.8 Å². The molecule has 1 N–H and O–H groups in total. The number of hydrogen-bond acceptors (Lipinski definition) is 5. The van der Waals surface area contributed by atoms with E-state index >= 15 is 0 Å². The van der Waals surface area contributed by atoms with Gasteiger partial charge in [-0.05, 0) is 34.5 Å². The third-order valence-corrected chi connectivity index (χ3v) is 3.06. The summed E-state index contributed by atoms with van der Waals surface area (Å²) in [7, 11) is 1.63. The minimum Gasteiger partial charge on any atom is -0.383 e. The van der Waals surface area contributed by atoms with Gasteiger partial charge >= 0.3 is 0 Å². The van der Waals surface area contributed by atoms with Crippen molar-refractivity contribution in [1.29, 1.82) is 0 Å². The fourth-order valence-electron chi connectivity index (χ4n) is 1.83. The highest BCUT2D eigenvalue weighted by Gasteiger charge is 2.15. The zero-order valence-corrected chi connectivity index (χ0v) is 11.7. The van der Waals surface area contributed by atoms with Gasteiger partial charge in [-0.3, -0.25) is 0 Å². The van der Waals surface area contributed by atoms with E-state index in [0.717, 1.165) is 0 Å². The van der Waals surface area contributed by atoms with Gasteiger partial charge in [0.1, 0.15) is 12.1 Å². The number of anilines is 1. The zero-order valence-electron chi connectivity index (χ0n) is 11.7. The number of halogens is 1. The summed E-state index contributed by atoms with van der Waals surface area (Å²) < 4.78 is 20.5. The Morgan fingerprint density at radius 2 is 2.20 bits per heavy atom. The lowest BCUT2D eigenvalue weighted by Gasteiger charge is -2.23. The van der Waals surface area contributed by atoms with Crippen LogP contribution in [-0.4, -0.2) is 40.0 Å². The molecule has 6 nitrogen and oxygen atoms in total. The van der Waals surface area contributed by atoms with Gasteiger partial charge in [-0.2, -0.15) is 0 Å². The Kier molecular flexibility index (Phi) is 4.62. The summed E-state index contributed by atoms with van der Waals surface area (Å²) >= 11 is 0. The molecule has 0 saturated carbocycles. The lowest BCUT2D eigenvalue weighted by Crippen LogP contribution is -2.30. The van der Waals surface area contributed by atoms with Crippen LogP contribution in [0, 0.1) is 11.7 Å². The summed E-state index contributed by atoms with van der Waals surface area (Å²) in [6.07, 6.45) is 1.46. The van der Waals surface area contributed by atoms with Gasteiger partial charge in [-0.15, -0.1) is 5.10 Å². The number of benzene rings is 1. The van der Waals surface area contributed by atoms with Crippen molar-refractivity contribution in [2.75, 3.05) is 19.0 Å². The molecule has 0 aliphatic carbocycles. The average Bonchev–Trinajstić information content (AvgIpc) is 2.94. The summed E-state index contributed by atoms with van der Waals surface area (Å²) in [5.41, 5.74) is 1.10. The van der Waals surface area contributed by atoms with Gasteiger partial charge < -0.3 is 10.1 Å². The Morgan fingerprint density at radius 1 is 1.40 bits per heavy atom. The smallest absolute Gasteiger partial charge is 0.146 e. The van der Waals surface area contributed by atoms with E-state index in [9.17, 15) is 4.39 Å². The lowest BCUT2D eigenvalue weighted by atomic mass is 10.0. The third kappa shape index (κ3) is 3.30. The van der Waals surface area contributed by atoms with Gasteiger partial charge in [0, 0.05) is 7.11 Å². The molecule has 0 fully saturated rings. The molecule has 7 heteroatoms. The number of hydrogen-bond donors (Lipinski definition) is 1. The standard InChI is InChI=1S/C13H18FN5O/c1-9(2)13(7-20-3)16-12-6-10(4-5-11(12)14)19-8-15-17-18-19/h4-6,8-9,13,16H,7H2,1-3H3. The first-order valence-corrected chi connectivity index (χ1v) is 6.40. The molecule has 1 unspecified atom stereocenters. The summed E-state index contributed by atoms with van der Waals surface area (Å²) in [5.74, 6) is -0.00498. The summed E-state index contributed by atoms with van der Waals surface area (Å²) in [6, 6.07) is 4.72. The molecule has 0 amide bonds. The Balaban J connectivity index is 2.24. The molecule has 20 heavy (non-hydrogen) atoms. The van der Waals surface area contributed by atoms with Crippen molar-refractivity contribution in [3.8, 4) is 5.69 Å². The topological polar surface area (TPSA) is 64.9 Å². The molecule has 0 radical (unpaired) electrons. The first-order chi connectivity index (χ1) is 9.61. The van der Waals surface area contributed by atoms with Crippen molar-refractivity contribution in [1.82, 2.24) is 20.2 Å². The molecule has 0 aliphatic heterocycles. The largest absolute Gasteiger partial charge is 0.383 e. The molecule has 2 aromatic rings. The first kappa shape index (κ1) is 14.4. The molecule has 0 saturated heterocycles. The predicted octanol–water partition coefficient (Wildman–Crippen LogP) is 1.88. The molecule has 0 bridgehead atoms. The number of nitrogens with zero attached hydrogens (tertiary/aromatic N) is 4. The number of rotatable bonds is 6. The van der Waals surface area contributed by atoms with Crippen LogP contribution in [0.3, 0.4) is 0 Å². The molecule has 1 aromatic heterocycles. The van der Waals surface area contributed by atoms with Crippen molar-refractivity contribution >= 4 is 5.69 Å². The van der Waals surface area contributed by atoms with Gasteiger partial charge in [0.2, 0.25) is 0 Å². The van der Waals surface area contributed by atoms with Crippen LogP contribution in [-0.2, 0) is 4.74 Å². The van der Waals surface area contributed by atoms with Gasteiger partial charge in [-0.1, -0.05) is 13.8 Å². The normalized spacial score (nSPS) is 12.7. The molecule has 1 heterocycles. The van der Waals surface area contributed by atoms with Crippen LogP contribution in [0.5, 0.6) is 0 Å². The maximum atomic E-state index is 13.9. The van der Waals surface area contributed by atoms with E-state index < -0.39 is 0 Å². The summed E-state index contributed by atoms with van der Waals surface area (Å²) in [5, 5.41) is 14.1. The van der Waals surface area contributed by atoms with Crippen molar-refractivity contribution in [2.45, 2.75) is 19.9 Å². The monoisotopic (exact) mass is 279 g/mol. The van der Waals surface area contributed by atoms with E-state index in [1.165, 1.54) is 17.1 Å². The Labute approximate surface area is 116 Å².